The molecule has 1 aromatic carbocycles. The number of nitrogens with two attached hydrogens (primary N) is 2. The van der Waals surface area contributed by atoms with Crippen molar-refractivity contribution in [2.75, 3.05) is 13.1 Å². The lowest BCUT2D eigenvalue weighted by Gasteiger charge is -2.34. The number of hydrogen-bond donors (Lipinski definition) is 3. The summed E-state index contributed by atoms with van der Waals surface area (Å²) in [6.45, 7) is 1.36. The van der Waals surface area contributed by atoms with Gasteiger partial charge < -0.3 is 16.4 Å². The lowest BCUT2D eigenvalue weighted by Crippen LogP contribution is -2.48. The van der Waals surface area contributed by atoms with Crippen molar-refractivity contribution in [1.29, 1.82) is 5.41 Å². The summed E-state index contributed by atoms with van der Waals surface area (Å²) in [7, 11) is 0. The van der Waals surface area contributed by atoms with Gasteiger partial charge in [-0.15, -0.1) is 11.3 Å². The van der Waals surface area contributed by atoms with E-state index in [0.29, 0.717) is 18.1 Å². The summed E-state index contributed by atoms with van der Waals surface area (Å²) >= 11 is 1.40. The minimum absolute atomic E-state index is 0.0810. The molecule has 2 heterocycles. The quantitative estimate of drug-likeness (QED) is 0.450. The lowest BCUT2D eigenvalue weighted by molar-refractivity contribution is 0.0907. The Kier molecular flexibility index (Phi) is 4.08. The van der Waals surface area contributed by atoms with Crippen LogP contribution in [0.4, 0.5) is 0 Å². The van der Waals surface area contributed by atoms with Gasteiger partial charge in [0.2, 0.25) is 5.78 Å². The highest BCUT2D eigenvalue weighted by molar-refractivity contribution is 7.20. The number of Topliss-reactive ketones (excluding diaryl/α,β-unsaturated/α-hetero) is 1. The number of fused-ring (bicyclic) bond motifs is 1. The highest BCUT2D eigenvalue weighted by Gasteiger charge is 2.31. The van der Waals surface area contributed by atoms with Crippen LogP contribution < -0.4 is 11.5 Å². The number of thiazole rings is 1. The van der Waals surface area contributed by atoms with E-state index >= 15 is 0 Å². The smallest absolute Gasteiger partial charge is 0.208 e. The molecule has 0 bridgehead atoms. The van der Waals surface area contributed by atoms with E-state index in [1.54, 1.807) is 0 Å². The molecule has 1 fully saturated rings. The van der Waals surface area contributed by atoms with E-state index in [1.807, 2.05) is 29.2 Å². The topological polar surface area (TPSA) is 109 Å². The number of ketones is 1. The Bertz CT molecular complexity index is 672. The second kappa shape index (κ2) is 6.02. The summed E-state index contributed by atoms with van der Waals surface area (Å²) in [5, 5.41) is 7.93. The second-order valence-corrected chi connectivity index (χ2v) is 6.62. The molecular weight excluding hydrogens is 298 g/mol. The maximum absolute atomic E-state index is 12.6. The van der Waals surface area contributed by atoms with Crippen molar-refractivity contribution in [1.82, 2.24) is 9.88 Å². The molecule has 1 aliphatic rings. The maximum Gasteiger partial charge on any atom is 0.208 e. The van der Waals surface area contributed by atoms with Gasteiger partial charge in [0.05, 0.1) is 16.3 Å². The molecule has 1 aliphatic heterocycles. The van der Waals surface area contributed by atoms with Crippen molar-refractivity contribution in [3.05, 3.63) is 29.3 Å². The van der Waals surface area contributed by atoms with Crippen LogP contribution >= 0.6 is 11.3 Å². The van der Waals surface area contributed by atoms with Crippen LogP contribution in [-0.4, -0.2) is 40.8 Å². The average molecular weight is 317 g/mol. The van der Waals surface area contributed by atoms with Crippen LogP contribution in [0.15, 0.2) is 24.3 Å². The number of para-hydroxylation sites is 1. The van der Waals surface area contributed by atoms with Gasteiger partial charge in [0.15, 0.2) is 11.0 Å². The fourth-order valence-corrected chi connectivity index (χ4v) is 3.79. The number of likely N-dealkylation sites (tertiary alicyclic amines) is 1. The first kappa shape index (κ1) is 14.9. The highest BCUT2D eigenvalue weighted by atomic mass is 32.1. The molecule has 3 rings (SSSR count). The van der Waals surface area contributed by atoms with Gasteiger partial charge in [0.25, 0.3) is 0 Å². The normalized spacial score (nSPS) is 17.6. The molecular formula is C15H19N5OS. The number of benzene rings is 1. The number of piperidine rings is 1. The third kappa shape index (κ3) is 2.82. The van der Waals surface area contributed by atoms with E-state index in [9.17, 15) is 4.79 Å². The zero-order chi connectivity index (χ0) is 15.7. The predicted octanol–water partition coefficient (Wildman–Crippen LogP) is 1.41. The van der Waals surface area contributed by atoms with Crippen LogP contribution in [0.3, 0.4) is 0 Å². The van der Waals surface area contributed by atoms with E-state index < -0.39 is 6.04 Å². The predicted molar refractivity (Wildman–Crippen MR) is 88.1 cm³/mol. The molecule has 0 amide bonds. The van der Waals surface area contributed by atoms with Crippen LogP contribution in [0.1, 0.15) is 22.6 Å². The van der Waals surface area contributed by atoms with E-state index in [1.165, 1.54) is 11.3 Å². The molecule has 2 aromatic rings. The van der Waals surface area contributed by atoms with Crippen LogP contribution in [0.25, 0.3) is 10.2 Å². The molecule has 7 heteroatoms. The van der Waals surface area contributed by atoms with E-state index in [0.717, 1.165) is 23.1 Å². The molecule has 1 aromatic heterocycles. The van der Waals surface area contributed by atoms with Crippen LogP contribution in [0.2, 0.25) is 0 Å². The SMILES string of the molecule is N=C(N)N1CCC(C(N)C(=O)c2nc3ccccc3s2)CC1. The molecule has 5 N–H and O–H groups in total. The monoisotopic (exact) mass is 317 g/mol. The van der Waals surface area contributed by atoms with Gasteiger partial charge in [-0.3, -0.25) is 10.2 Å². The molecule has 22 heavy (non-hydrogen) atoms. The molecule has 0 spiro atoms. The minimum atomic E-state index is -0.533. The summed E-state index contributed by atoms with van der Waals surface area (Å²) in [6.07, 6.45) is 1.55. The molecule has 0 saturated carbocycles. The maximum atomic E-state index is 12.6. The summed E-state index contributed by atoms with van der Waals surface area (Å²) in [6, 6.07) is 7.18. The van der Waals surface area contributed by atoms with E-state index in [4.69, 9.17) is 16.9 Å². The van der Waals surface area contributed by atoms with Gasteiger partial charge in [-0.2, -0.15) is 0 Å². The summed E-state index contributed by atoms with van der Waals surface area (Å²) < 4.78 is 1.00. The van der Waals surface area contributed by atoms with Crippen molar-refractivity contribution in [3.8, 4) is 0 Å². The fourth-order valence-electron chi connectivity index (χ4n) is 2.83. The van der Waals surface area contributed by atoms with Crippen molar-refractivity contribution in [2.45, 2.75) is 18.9 Å². The first-order valence-corrected chi connectivity index (χ1v) is 8.12. The number of rotatable bonds is 3. The van der Waals surface area contributed by atoms with Crippen molar-refractivity contribution in [3.63, 3.8) is 0 Å². The van der Waals surface area contributed by atoms with Crippen LogP contribution in [-0.2, 0) is 0 Å². The zero-order valence-corrected chi connectivity index (χ0v) is 13.0. The van der Waals surface area contributed by atoms with Crippen LogP contribution in [0.5, 0.6) is 0 Å². The molecule has 1 unspecified atom stereocenters. The molecule has 1 saturated heterocycles. The number of carbonyl (C=O) groups excluding carboxylic acids is 1. The van der Waals surface area contributed by atoms with E-state index in [-0.39, 0.29) is 17.7 Å². The zero-order valence-electron chi connectivity index (χ0n) is 12.2. The summed E-state index contributed by atoms with van der Waals surface area (Å²) in [4.78, 5) is 18.8. The largest absolute Gasteiger partial charge is 0.370 e. The highest BCUT2D eigenvalue weighted by Crippen LogP contribution is 2.26. The number of nitrogens with zero attached hydrogens (tertiary/aromatic N) is 2. The standard InChI is InChI=1S/C15H19N5OS/c16-12(9-5-7-20(8-6-9)15(17)18)13(21)14-19-10-3-1-2-4-11(10)22-14/h1-4,9,12H,5-8,16H2,(H3,17,18). The van der Waals surface area contributed by atoms with Gasteiger partial charge in [0.1, 0.15) is 0 Å². The first-order valence-electron chi connectivity index (χ1n) is 7.30. The minimum Gasteiger partial charge on any atom is -0.370 e. The van der Waals surface area contributed by atoms with Crippen molar-refractivity contribution < 1.29 is 4.79 Å². The number of guanidine groups is 1. The van der Waals surface area contributed by atoms with Gasteiger partial charge >= 0.3 is 0 Å². The molecule has 1 atom stereocenters. The average Bonchev–Trinajstić information content (AvgIpc) is 2.97. The van der Waals surface area contributed by atoms with E-state index in [2.05, 4.69) is 4.98 Å². The van der Waals surface area contributed by atoms with Crippen molar-refractivity contribution in [2.24, 2.45) is 17.4 Å². The third-order valence-electron chi connectivity index (χ3n) is 4.20. The molecule has 116 valence electrons. The number of aromatic nitrogens is 1. The fraction of sp³-hybridized carbons (Fsp3) is 0.400. The van der Waals surface area contributed by atoms with Crippen molar-refractivity contribution >= 4 is 33.3 Å². The Labute approximate surface area is 132 Å². The van der Waals surface area contributed by atoms with Gasteiger partial charge in [-0.1, -0.05) is 12.1 Å². The summed E-state index contributed by atoms with van der Waals surface area (Å²) in [5.74, 6) is 0.127. The number of carbonyl (C=O) groups is 1. The van der Waals surface area contributed by atoms with Gasteiger partial charge in [0, 0.05) is 13.1 Å². The third-order valence-corrected chi connectivity index (χ3v) is 5.25. The molecule has 6 nitrogen and oxygen atoms in total. The van der Waals surface area contributed by atoms with Gasteiger partial charge in [-0.25, -0.2) is 4.98 Å². The van der Waals surface area contributed by atoms with Gasteiger partial charge in [-0.05, 0) is 30.9 Å². The van der Waals surface area contributed by atoms with Crippen LogP contribution in [0, 0.1) is 11.3 Å². The Morgan fingerprint density at radius 1 is 1.36 bits per heavy atom. The first-order chi connectivity index (χ1) is 10.6. The Morgan fingerprint density at radius 2 is 2.05 bits per heavy atom. The Morgan fingerprint density at radius 3 is 2.68 bits per heavy atom. The Balaban J connectivity index is 1.70. The number of hydrogen-bond acceptors (Lipinski definition) is 5. The molecule has 0 radical (unpaired) electrons. The second-order valence-electron chi connectivity index (χ2n) is 5.59. The summed E-state index contributed by atoms with van der Waals surface area (Å²) in [5.41, 5.74) is 12.5. The number of nitrogens with one attached hydrogen (secondary N) is 1. The Hall–Kier alpha value is -1.99. The lowest BCUT2D eigenvalue weighted by atomic mass is 9.88. The molecule has 0 aliphatic carbocycles.